The number of rotatable bonds is 0. The van der Waals surface area contributed by atoms with Gasteiger partial charge in [0, 0.05) is 14.1 Å². The van der Waals surface area contributed by atoms with E-state index in [-0.39, 0.29) is 0 Å². The molecular formula is C72H80N16. The maximum absolute atomic E-state index is 4.36. The van der Waals surface area contributed by atoms with Crippen LogP contribution < -0.4 is 0 Å². The minimum atomic E-state index is 0.981. The Balaban J connectivity index is 0.000000120. The average Bonchev–Trinajstić information content (AvgIpc) is 4.56. The van der Waals surface area contributed by atoms with Gasteiger partial charge in [0.1, 0.15) is 5.82 Å². The lowest BCUT2D eigenvalue weighted by Gasteiger charge is -1.98. The third-order valence-electron chi connectivity index (χ3n) is 15.5. The van der Waals surface area contributed by atoms with Gasteiger partial charge in [0.15, 0.2) is 0 Å². The second-order valence-corrected chi connectivity index (χ2v) is 22.7. The molecule has 0 aliphatic rings. The molecule has 0 amide bonds. The Morgan fingerprint density at radius 1 is 0.307 bits per heavy atom. The molecule has 448 valence electrons. The van der Waals surface area contributed by atoms with Crippen LogP contribution in [0, 0.1) is 96.9 Å². The fraction of sp³-hybridized carbons (Fsp3) is 0.222. The van der Waals surface area contributed by atoms with E-state index in [9.17, 15) is 0 Å². The first-order chi connectivity index (χ1) is 42.2. The maximum Gasteiger partial charge on any atom is 0.104 e. The molecule has 0 saturated carbocycles. The summed E-state index contributed by atoms with van der Waals surface area (Å²) < 4.78 is 4.05. The molecule has 0 radical (unpaired) electrons. The van der Waals surface area contributed by atoms with E-state index in [0.717, 1.165) is 83.1 Å². The van der Waals surface area contributed by atoms with E-state index in [4.69, 9.17) is 0 Å². The molecule has 16 rings (SSSR count). The van der Waals surface area contributed by atoms with Crippen molar-refractivity contribution in [2.45, 2.75) is 96.9 Å². The number of hydrogen-bond donors (Lipinski definition) is 6. The monoisotopic (exact) mass is 1170 g/mol. The highest BCUT2D eigenvalue weighted by Crippen LogP contribution is 2.22. The molecule has 0 bridgehead atoms. The topological polar surface area (TPSA) is 208 Å². The summed E-state index contributed by atoms with van der Waals surface area (Å²) in [4.78, 5) is 52.5. The van der Waals surface area contributed by atoms with Gasteiger partial charge in [-0.1, -0.05) is 60.7 Å². The number of aromatic nitrogens is 16. The summed E-state index contributed by atoms with van der Waals surface area (Å²) in [7, 11) is 4.01. The first-order valence-electron chi connectivity index (χ1n) is 29.4. The summed E-state index contributed by atoms with van der Waals surface area (Å²) in [6.45, 7) is 29.1. The summed E-state index contributed by atoms with van der Waals surface area (Å²) in [6, 6.07) is 39.7. The van der Waals surface area contributed by atoms with Gasteiger partial charge >= 0.3 is 0 Å². The second-order valence-electron chi connectivity index (χ2n) is 22.7. The largest absolute Gasteiger partial charge is 0.345 e. The normalized spacial score (nSPS) is 10.7. The Morgan fingerprint density at radius 3 is 1.50 bits per heavy atom. The fourth-order valence-corrected chi connectivity index (χ4v) is 10.4. The van der Waals surface area contributed by atoms with E-state index in [0.29, 0.717) is 0 Å². The van der Waals surface area contributed by atoms with Crippen molar-refractivity contribution in [1.82, 2.24) is 78.9 Å². The standard InChI is InChI=1S/8C9H10N2/c1-6-3-8-9(4-7(6)2)11-5-10-8;2*1-6-3-7(2)9-8(4-6)10-5-11-9;1-7-3-4-9-8(5-7)10-6-11(9)2;1-6-3-4-8-9(7(6)2)11-5-10-8;1-6-3-4-7(2)9-8(6)10-5-11-9;1-7-4-3-5-8-9(7)10-6-11(8)2;1-6-4-3-5-8-9(6)11-7(2)10-8/h3*3-5H,1-2H3,(H,10,11);3-6H,1-2H3;2*3-5H,1-2H3,(H,10,11);3-6H,1-2H3;3-5H,1-2H3,(H,10,11). The van der Waals surface area contributed by atoms with Crippen LogP contribution in [0.2, 0.25) is 0 Å². The zero-order valence-corrected chi connectivity index (χ0v) is 53.5. The minimum absolute atomic E-state index is 0.981. The second kappa shape index (κ2) is 27.7. The smallest absolute Gasteiger partial charge is 0.104 e. The molecule has 8 aromatic heterocycles. The van der Waals surface area contributed by atoms with Crippen LogP contribution in [0.1, 0.15) is 78.1 Å². The Bertz CT molecular complexity index is 4780. The summed E-state index contributed by atoms with van der Waals surface area (Å²) in [6.07, 6.45) is 12.3. The van der Waals surface area contributed by atoms with E-state index < -0.39 is 0 Å². The first-order valence-corrected chi connectivity index (χ1v) is 29.4. The van der Waals surface area contributed by atoms with Gasteiger partial charge in [0.05, 0.1) is 133 Å². The van der Waals surface area contributed by atoms with Crippen LogP contribution in [-0.4, -0.2) is 78.9 Å². The van der Waals surface area contributed by atoms with Gasteiger partial charge < -0.3 is 39.0 Å². The molecule has 0 fully saturated rings. The molecule has 8 heterocycles. The third-order valence-corrected chi connectivity index (χ3v) is 15.5. The van der Waals surface area contributed by atoms with Crippen molar-refractivity contribution in [2.24, 2.45) is 14.1 Å². The minimum Gasteiger partial charge on any atom is -0.345 e. The summed E-state index contributed by atoms with van der Waals surface area (Å²) >= 11 is 0. The van der Waals surface area contributed by atoms with Crippen LogP contribution in [0.15, 0.2) is 160 Å². The van der Waals surface area contributed by atoms with Crippen LogP contribution >= 0.6 is 0 Å². The Morgan fingerprint density at radius 2 is 0.841 bits per heavy atom. The molecule has 0 atom stereocenters. The van der Waals surface area contributed by atoms with E-state index in [2.05, 4.69) is 263 Å². The van der Waals surface area contributed by atoms with Crippen LogP contribution in [0.3, 0.4) is 0 Å². The third kappa shape index (κ3) is 14.8. The molecule has 8 aromatic carbocycles. The summed E-state index contributed by atoms with van der Waals surface area (Å²) in [5.41, 5.74) is 34.2. The molecule has 0 spiro atoms. The lowest BCUT2D eigenvalue weighted by atomic mass is 10.1. The van der Waals surface area contributed by atoms with Gasteiger partial charge in [-0.15, -0.1) is 0 Å². The summed E-state index contributed by atoms with van der Waals surface area (Å²) in [5, 5.41) is 0. The van der Waals surface area contributed by atoms with Gasteiger partial charge in [0.2, 0.25) is 0 Å². The quantitative estimate of drug-likeness (QED) is 0.0859. The van der Waals surface area contributed by atoms with Crippen LogP contribution in [-0.2, 0) is 14.1 Å². The Labute approximate surface area is 513 Å². The fourth-order valence-electron chi connectivity index (χ4n) is 10.4. The molecule has 16 aromatic rings. The SMILES string of the molecule is Cc1cc(C)c2nc[nH]c2c1.Cc1cc(C)c2nc[nH]c2c1.Cc1cc2nc[nH]c2cc1C.Cc1ccc(C)c2[nH]cnc12.Cc1ccc2[nH]cnc2c1C.Cc1ccc2c(c1)ncn2C.Cc1cccc2c1ncn2C.Cc1nc2c(C)cccc2[nH]1. The van der Waals surface area contributed by atoms with Gasteiger partial charge in [-0.05, 0) is 224 Å². The van der Waals surface area contributed by atoms with Crippen molar-refractivity contribution in [1.29, 1.82) is 0 Å². The Hall–Kier alpha value is -10.5. The highest BCUT2D eigenvalue weighted by atomic mass is 15.0. The van der Waals surface area contributed by atoms with E-state index >= 15 is 0 Å². The highest BCUT2D eigenvalue weighted by molar-refractivity contribution is 5.83. The van der Waals surface area contributed by atoms with Gasteiger partial charge in [-0.2, -0.15) is 0 Å². The molecule has 88 heavy (non-hydrogen) atoms. The number of benzene rings is 8. The van der Waals surface area contributed by atoms with Crippen molar-refractivity contribution in [2.75, 3.05) is 0 Å². The van der Waals surface area contributed by atoms with Crippen LogP contribution in [0.4, 0.5) is 0 Å². The van der Waals surface area contributed by atoms with E-state index in [1.54, 1.807) is 31.6 Å². The highest BCUT2D eigenvalue weighted by Gasteiger charge is 2.06. The number of hydrogen-bond acceptors (Lipinski definition) is 8. The lowest BCUT2D eigenvalue weighted by molar-refractivity contribution is 0.947. The number of imidazole rings is 8. The van der Waals surface area contributed by atoms with Crippen molar-refractivity contribution in [3.05, 3.63) is 238 Å². The molecule has 0 unspecified atom stereocenters. The maximum atomic E-state index is 4.36. The molecular weight excluding hydrogens is 1090 g/mol. The molecule has 0 saturated heterocycles. The molecule has 16 heteroatoms. The predicted molar refractivity (Wildman–Crippen MR) is 364 cm³/mol. The van der Waals surface area contributed by atoms with Gasteiger partial charge in [-0.25, -0.2) is 39.9 Å². The first kappa shape index (κ1) is 62.1. The van der Waals surface area contributed by atoms with E-state index in [1.807, 2.05) is 54.9 Å². The van der Waals surface area contributed by atoms with Crippen LogP contribution in [0.25, 0.3) is 88.3 Å². The lowest BCUT2D eigenvalue weighted by Crippen LogP contribution is -1.83. The van der Waals surface area contributed by atoms with Gasteiger partial charge in [-0.3, -0.25) is 0 Å². The van der Waals surface area contributed by atoms with Crippen LogP contribution in [0.5, 0.6) is 0 Å². The number of nitrogens with one attached hydrogen (secondary N) is 6. The van der Waals surface area contributed by atoms with Crippen molar-refractivity contribution >= 4 is 88.3 Å². The van der Waals surface area contributed by atoms with Gasteiger partial charge in [0.25, 0.3) is 0 Å². The average molecular weight is 1170 g/mol. The molecule has 0 aliphatic carbocycles. The number of aryl methyl sites for hydroxylation is 16. The van der Waals surface area contributed by atoms with E-state index in [1.165, 1.54) is 83.4 Å². The Kier molecular flexibility index (Phi) is 19.5. The number of fused-ring (bicyclic) bond motifs is 8. The predicted octanol–water partition coefficient (Wildman–Crippen LogP) is 16.8. The number of H-pyrrole nitrogens is 6. The molecule has 0 aliphatic heterocycles. The number of aromatic amines is 6. The number of para-hydroxylation sites is 2. The number of nitrogens with zero attached hydrogens (tertiary/aromatic N) is 10. The zero-order chi connectivity index (χ0) is 62.8. The summed E-state index contributed by atoms with van der Waals surface area (Å²) in [5.74, 6) is 0.981. The molecule has 6 N–H and O–H groups in total. The van der Waals surface area contributed by atoms with Crippen molar-refractivity contribution in [3.8, 4) is 0 Å². The van der Waals surface area contributed by atoms with Crippen molar-refractivity contribution < 1.29 is 0 Å². The van der Waals surface area contributed by atoms with Crippen molar-refractivity contribution in [3.63, 3.8) is 0 Å². The zero-order valence-electron chi connectivity index (χ0n) is 53.5. The molecule has 16 nitrogen and oxygen atoms in total.